The first-order valence-corrected chi connectivity index (χ1v) is 8.24. The van der Waals surface area contributed by atoms with Gasteiger partial charge in [0.2, 0.25) is 5.91 Å². The van der Waals surface area contributed by atoms with Crippen molar-refractivity contribution in [2.24, 2.45) is 0 Å². The number of carbonyl (C=O) groups is 2. The van der Waals surface area contributed by atoms with Gasteiger partial charge in [-0.1, -0.05) is 19.4 Å². The molecular weight excluding hydrogens is 292 g/mol. The van der Waals surface area contributed by atoms with Gasteiger partial charge in [0.15, 0.2) is 0 Å². The van der Waals surface area contributed by atoms with Gasteiger partial charge in [0.05, 0.1) is 17.8 Å². The van der Waals surface area contributed by atoms with Crippen molar-refractivity contribution in [3.8, 4) is 0 Å². The summed E-state index contributed by atoms with van der Waals surface area (Å²) < 4.78 is 2.01. The molecule has 0 unspecified atom stereocenters. The lowest BCUT2D eigenvalue weighted by atomic mass is 10.2. The molecule has 0 saturated heterocycles. The van der Waals surface area contributed by atoms with Gasteiger partial charge < -0.3 is 10.2 Å². The topological polar surface area (TPSA) is 67.2 Å². The summed E-state index contributed by atoms with van der Waals surface area (Å²) in [5.41, 5.74) is 1.63. The van der Waals surface area contributed by atoms with Crippen molar-refractivity contribution in [3.05, 3.63) is 30.1 Å². The van der Waals surface area contributed by atoms with E-state index >= 15 is 0 Å². The number of nitrogens with zero attached hydrogens (tertiary/aromatic N) is 3. The first-order valence-electron chi connectivity index (χ1n) is 8.24. The van der Waals surface area contributed by atoms with Crippen LogP contribution >= 0.6 is 0 Å². The van der Waals surface area contributed by atoms with Crippen LogP contribution in [0.4, 0.5) is 0 Å². The molecule has 0 radical (unpaired) electrons. The largest absolute Gasteiger partial charge is 0.353 e. The Morgan fingerprint density at radius 1 is 1.48 bits per heavy atom. The van der Waals surface area contributed by atoms with Crippen molar-refractivity contribution in [2.45, 2.75) is 45.1 Å². The van der Waals surface area contributed by atoms with Crippen LogP contribution in [0.25, 0.3) is 0 Å². The minimum absolute atomic E-state index is 0.0122. The van der Waals surface area contributed by atoms with Crippen molar-refractivity contribution in [2.75, 3.05) is 20.1 Å². The Morgan fingerprint density at radius 2 is 2.17 bits per heavy atom. The van der Waals surface area contributed by atoms with Gasteiger partial charge in [-0.05, 0) is 32.3 Å². The highest BCUT2D eigenvalue weighted by atomic mass is 16.2. The van der Waals surface area contributed by atoms with Crippen LogP contribution in [0.15, 0.2) is 18.9 Å². The van der Waals surface area contributed by atoms with E-state index in [2.05, 4.69) is 17.0 Å². The second-order valence-corrected chi connectivity index (χ2v) is 6.10. The molecule has 1 aliphatic rings. The van der Waals surface area contributed by atoms with Crippen molar-refractivity contribution >= 4 is 11.8 Å². The Labute approximate surface area is 137 Å². The molecule has 1 fully saturated rings. The number of hydrogen-bond acceptors (Lipinski definition) is 3. The first kappa shape index (κ1) is 17.2. The molecule has 126 valence electrons. The van der Waals surface area contributed by atoms with Crippen LogP contribution in [0.2, 0.25) is 0 Å². The number of nitrogens with one attached hydrogen (secondary N) is 1. The third kappa shape index (κ3) is 4.21. The van der Waals surface area contributed by atoms with Gasteiger partial charge in [0, 0.05) is 25.8 Å². The molecule has 0 aliphatic heterocycles. The molecule has 23 heavy (non-hydrogen) atoms. The number of amides is 2. The van der Waals surface area contributed by atoms with Crippen LogP contribution < -0.4 is 5.32 Å². The van der Waals surface area contributed by atoms with Crippen LogP contribution in [0.3, 0.4) is 0 Å². The Kier molecular flexibility index (Phi) is 5.96. The smallest absolute Gasteiger partial charge is 0.257 e. The zero-order valence-corrected chi connectivity index (χ0v) is 14.0. The summed E-state index contributed by atoms with van der Waals surface area (Å²) in [6, 6.07) is 0.441. The Bertz CT molecular complexity index is 573. The highest BCUT2D eigenvalue weighted by molar-refractivity contribution is 5.94. The van der Waals surface area contributed by atoms with Crippen LogP contribution in [0, 0.1) is 6.92 Å². The van der Waals surface area contributed by atoms with E-state index in [0.29, 0.717) is 31.1 Å². The quantitative estimate of drug-likeness (QED) is 0.618. The zero-order valence-electron chi connectivity index (χ0n) is 14.0. The molecule has 6 nitrogen and oxygen atoms in total. The highest BCUT2D eigenvalue weighted by Gasteiger charge is 2.23. The predicted molar refractivity (Wildman–Crippen MR) is 89.3 cm³/mol. The molecule has 2 rings (SSSR count). The predicted octanol–water partition coefficient (Wildman–Crippen LogP) is 2.07. The second kappa shape index (κ2) is 7.94. The number of aromatic nitrogens is 2. The van der Waals surface area contributed by atoms with Gasteiger partial charge in [-0.2, -0.15) is 5.10 Å². The molecule has 6 heteroatoms. The van der Waals surface area contributed by atoms with E-state index in [0.717, 1.165) is 18.5 Å². The third-order valence-corrected chi connectivity index (χ3v) is 4.45. The van der Waals surface area contributed by atoms with E-state index in [9.17, 15) is 9.59 Å². The van der Waals surface area contributed by atoms with E-state index in [4.69, 9.17) is 0 Å². The molecule has 1 aromatic heterocycles. The van der Waals surface area contributed by atoms with Gasteiger partial charge in [-0.25, -0.2) is 0 Å². The lowest BCUT2D eigenvalue weighted by molar-refractivity contribution is -0.116. The van der Waals surface area contributed by atoms with E-state index in [-0.39, 0.29) is 11.8 Å². The fourth-order valence-corrected chi connectivity index (χ4v) is 3.06. The monoisotopic (exact) mass is 318 g/mol. The second-order valence-electron chi connectivity index (χ2n) is 6.10. The molecule has 0 spiro atoms. The van der Waals surface area contributed by atoms with Gasteiger partial charge >= 0.3 is 0 Å². The standard InChI is InChI=1S/C17H26N4O2/c1-4-16(22)18-10-7-11-20(3)17(23)15-12-19-21(13(15)2)14-8-5-6-9-14/h4,12,14H,1,5-11H2,2-3H3,(H,18,22). The molecule has 2 amide bonds. The van der Waals surface area contributed by atoms with E-state index in [1.807, 2.05) is 11.6 Å². The van der Waals surface area contributed by atoms with Crippen LogP contribution in [-0.4, -0.2) is 46.6 Å². The molecule has 1 heterocycles. The summed E-state index contributed by atoms with van der Waals surface area (Å²) >= 11 is 0. The lowest BCUT2D eigenvalue weighted by Crippen LogP contribution is -2.31. The molecular formula is C17H26N4O2. The summed E-state index contributed by atoms with van der Waals surface area (Å²) in [7, 11) is 1.78. The number of hydrogen-bond donors (Lipinski definition) is 1. The lowest BCUT2D eigenvalue weighted by Gasteiger charge is -2.18. The molecule has 1 aromatic rings. The van der Waals surface area contributed by atoms with Gasteiger partial charge in [0.1, 0.15) is 0 Å². The van der Waals surface area contributed by atoms with Crippen molar-refractivity contribution in [3.63, 3.8) is 0 Å². The summed E-state index contributed by atoms with van der Waals surface area (Å²) in [5.74, 6) is -0.200. The maximum atomic E-state index is 12.5. The van der Waals surface area contributed by atoms with Crippen molar-refractivity contribution in [1.82, 2.24) is 20.0 Å². The number of carbonyl (C=O) groups excluding carboxylic acids is 2. The Balaban J connectivity index is 1.89. The van der Waals surface area contributed by atoms with Crippen LogP contribution in [0.1, 0.15) is 54.2 Å². The Morgan fingerprint density at radius 3 is 2.83 bits per heavy atom. The van der Waals surface area contributed by atoms with Gasteiger partial charge in [0.25, 0.3) is 5.91 Å². The first-order chi connectivity index (χ1) is 11.0. The number of rotatable bonds is 7. The van der Waals surface area contributed by atoms with E-state index < -0.39 is 0 Å². The van der Waals surface area contributed by atoms with Crippen LogP contribution in [-0.2, 0) is 4.79 Å². The molecule has 1 N–H and O–H groups in total. The maximum absolute atomic E-state index is 12.5. The molecule has 0 atom stereocenters. The normalized spacial score (nSPS) is 14.7. The summed E-state index contributed by atoms with van der Waals surface area (Å²) in [6.07, 6.45) is 8.41. The molecule has 1 aliphatic carbocycles. The minimum Gasteiger partial charge on any atom is -0.353 e. The zero-order chi connectivity index (χ0) is 16.8. The van der Waals surface area contributed by atoms with Crippen LogP contribution in [0.5, 0.6) is 0 Å². The van der Waals surface area contributed by atoms with Crippen molar-refractivity contribution in [1.29, 1.82) is 0 Å². The van der Waals surface area contributed by atoms with Crippen molar-refractivity contribution < 1.29 is 9.59 Å². The highest BCUT2D eigenvalue weighted by Crippen LogP contribution is 2.30. The Hall–Kier alpha value is -2.11. The maximum Gasteiger partial charge on any atom is 0.257 e. The fourth-order valence-electron chi connectivity index (χ4n) is 3.06. The average Bonchev–Trinajstić information content (AvgIpc) is 3.19. The summed E-state index contributed by atoms with van der Waals surface area (Å²) in [6.45, 7) is 6.49. The average molecular weight is 318 g/mol. The third-order valence-electron chi connectivity index (χ3n) is 4.45. The van der Waals surface area contributed by atoms with E-state index in [1.165, 1.54) is 18.9 Å². The minimum atomic E-state index is -0.187. The fraction of sp³-hybridized carbons (Fsp3) is 0.588. The summed E-state index contributed by atoms with van der Waals surface area (Å²) in [5, 5.41) is 7.14. The van der Waals surface area contributed by atoms with Gasteiger partial charge in [-0.3, -0.25) is 14.3 Å². The SMILES string of the molecule is C=CC(=O)NCCCN(C)C(=O)c1cnn(C2CCCC2)c1C. The summed E-state index contributed by atoms with van der Waals surface area (Å²) in [4.78, 5) is 25.3. The molecule has 0 aromatic carbocycles. The molecule has 0 bridgehead atoms. The molecule has 1 saturated carbocycles. The van der Waals surface area contributed by atoms with E-state index in [1.54, 1.807) is 18.1 Å². The van der Waals surface area contributed by atoms with Gasteiger partial charge in [-0.15, -0.1) is 0 Å².